The smallest absolute Gasteiger partial charge is 0.247 e. The second-order valence-corrected chi connectivity index (χ2v) is 7.02. The zero-order valence-electron chi connectivity index (χ0n) is 12.1. The summed E-state index contributed by atoms with van der Waals surface area (Å²) in [5.74, 6) is 0.977. The maximum absolute atomic E-state index is 11.5. The molecule has 0 radical (unpaired) electrons. The van der Waals surface area contributed by atoms with E-state index in [1.54, 1.807) is 31.2 Å². The first-order valence-corrected chi connectivity index (χ1v) is 8.54. The number of hydrogen-bond acceptors (Lipinski definition) is 5. The number of aryl methyl sites for hydroxylation is 1. The lowest BCUT2D eigenvalue weighted by Gasteiger charge is -2.05. The quantitative estimate of drug-likeness (QED) is 0.742. The average Bonchev–Trinajstić information content (AvgIpc) is 2.93. The Bertz CT molecular complexity index is 913. The highest BCUT2D eigenvalue weighted by Gasteiger charge is 2.09. The van der Waals surface area contributed by atoms with E-state index in [9.17, 15) is 8.42 Å². The van der Waals surface area contributed by atoms with Gasteiger partial charge in [-0.3, -0.25) is 0 Å². The van der Waals surface area contributed by atoms with E-state index in [1.807, 2.05) is 24.3 Å². The third-order valence-corrected chi connectivity index (χ3v) is 4.38. The standard InChI is InChI=1S/C16H14N2O3S/c1-11-17-18-16(21-11)14-5-3-4-13(10-14)12-6-8-15(9-7-12)22(2,19)20/h3-10H,1-2H3. The van der Waals surface area contributed by atoms with Gasteiger partial charge in [0.15, 0.2) is 9.84 Å². The SMILES string of the molecule is Cc1nnc(-c2cccc(-c3ccc(S(C)(=O)=O)cc3)c2)o1. The lowest BCUT2D eigenvalue weighted by molar-refractivity contribution is 0.533. The van der Waals surface area contributed by atoms with Crippen LogP contribution in [0.1, 0.15) is 5.89 Å². The minimum atomic E-state index is -3.18. The molecule has 3 aromatic rings. The first-order chi connectivity index (χ1) is 10.4. The molecule has 0 saturated heterocycles. The van der Waals surface area contributed by atoms with Crippen molar-refractivity contribution in [2.45, 2.75) is 11.8 Å². The van der Waals surface area contributed by atoms with Crippen LogP contribution in [0.25, 0.3) is 22.6 Å². The van der Waals surface area contributed by atoms with Gasteiger partial charge in [0, 0.05) is 18.7 Å². The highest BCUT2D eigenvalue weighted by atomic mass is 32.2. The van der Waals surface area contributed by atoms with Gasteiger partial charge >= 0.3 is 0 Å². The molecule has 0 atom stereocenters. The Morgan fingerprint density at radius 3 is 2.18 bits per heavy atom. The molecule has 0 aliphatic rings. The van der Waals surface area contributed by atoms with Gasteiger partial charge in [-0.2, -0.15) is 0 Å². The highest BCUT2D eigenvalue weighted by Crippen LogP contribution is 2.26. The molecule has 0 unspecified atom stereocenters. The Hall–Kier alpha value is -2.47. The fourth-order valence-electron chi connectivity index (χ4n) is 2.14. The minimum absolute atomic E-state index is 0.305. The molecule has 6 heteroatoms. The van der Waals surface area contributed by atoms with Gasteiger partial charge in [-0.15, -0.1) is 10.2 Å². The van der Waals surface area contributed by atoms with Crippen molar-refractivity contribution < 1.29 is 12.8 Å². The van der Waals surface area contributed by atoms with Gasteiger partial charge in [-0.05, 0) is 35.4 Å². The third-order valence-electron chi connectivity index (χ3n) is 3.25. The van der Waals surface area contributed by atoms with Gasteiger partial charge in [0.05, 0.1) is 4.90 Å². The molecule has 112 valence electrons. The van der Waals surface area contributed by atoms with Crippen LogP contribution in [0.2, 0.25) is 0 Å². The molecule has 0 fully saturated rings. The number of aromatic nitrogens is 2. The van der Waals surface area contributed by atoms with Gasteiger partial charge in [0.1, 0.15) is 0 Å². The number of nitrogens with zero attached hydrogens (tertiary/aromatic N) is 2. The maximum Gasteiger partial charge on any atom is 0.247 e. The van der Waals surface area contributed by atoms with E-state index in [0.29, 0.717) is 16.7 Å². The molecule has 5 nitrogen and oxygen atoms in total. The predicted octanol–water partition coefficient (Wildman–Crippen LogP) is 3.12. The Balaban J connectivity index is 1.99. The molecule has 0 N–H and O–H groups in total. The molecule has 2 aromatic carbocycles. The van der Waals surface area contributed by atoms with E-state index in [2.05, 4.69) is 10.2 Å². The summed E-state index contributed by atoms with van der Waals surface area (Å²) in [6, 6.07) is 14.5. The van der Waals surface area contributed by atoms with Crippen LogP contribution in [-0.2, 0) is 9.84 Å². The molecule has 0 spiro atoms. The summed E-state index contributed by atoms with van der Waals surface area (Å²) in [5.41, 5.74) is 2.70. The van der Waals surface area contributed by atoms with Gasteiger partial charge in [-0.1, -0.05) is 24.3 Å². The van der Waals surface area contributed by atoms with Crippen LogP contribution in [0.3, 0.4) is 0 Å². The Morgan fingerprint density at radius 2 is 1.59 bits per heavy atom. The first kappa shape index (κ1) is 14.5. The summed E-state index contributed by atoms with van der Waals surface area (Å²) in [6.45, 7) is 1.74. The molecular formula is C16H14N2O3S. The summed E-state index contributed by atoms with van der Waals surface area (Å²) in [6.07, 6.45) is 1.19. The Kier molecular flexibility index (Phi) is 3.54. The van der Waals surface area contributed by atoms with Crippen molar-refractivity contribution in [3.63, 3.8) is 0 Å². The fourth-order valence-corrected chi connectivity index (χ4v) is 2.77. The van der Waals surface area contributed by atoms with E-state index in [0.717, 1.165) is 16.7 Å². The van der Waals surface area contributed by atoms with Gasteiger partial charge in [0.2, 0.25) is 11.8 Å². The van der Waals surface area contributed by atoms with Crippen LogP contribution in [0.15, 0.2) is 57.8 Å². The van der Waals surface area contributed by atoms with Crippen molar-refractivity contribution in [2.75, 3.05) is 6.26 Å². The second kappa shape index (κ2) is 5.38. The van der Waals surface area contributed by atoms with Crippen molar-refractivity contribution in [2.24, 2.45) is 0 Å². The van der Waals surface area contributed by atoms with Crippen molar-refractivity contribution in [1.29, 1.82) is 0 Å². The van der Waals surface area contributed by atoms with Crippen molar-refractivity contribution >= 4 is 9.84 Å². The van der Waals surface area contributed by atoms with Gasteiger partial charge < -0.3 is 4.42 Å². The Morgan fingerprint density at radius 1 is 0.909 bits per heavy atom. The van der Waals surface area contributed by atoms with E-state index in [1.165, 1.54) is 6.26 Å². The van der Waals surface area contributed by atoms with Crippen LogP contribution in [0.4, 0.5) is 0 Å². The molecule has 0 aliphatic heterocycles. The number of rotatable bonds is 3. The van der Waals surface area contributed by atoms with Gasteiger partial charge in [0.25, 0.3) is 0 Å². The lowest BCUT2D eigenvalue weighted by atomic mass is 10.0. The largest absolute Gasteiger partial charge is 0.421 e. The highest BCUT2D eigenvalue weighted by molar-refractivity contribution is 7.90. The van der Waals surface area contributed by atoms with Crippen molar-refractivity contribution in [3.05, 3.63) is 54.4 Å². The van der Waals surface area contributed by atoms with Crippen LogP contribution < -0.4 is 0 Å². The first-order valence-electron chi connectivity index (χ1n) is 6.64. The van der Waals surface area contributed by atoms with E-state index >= 15 is 0 Å². The lowest BCUT2D eigenvalue weighted by Crippen LogP contribution is -1.96. The van der Waals surface area contributed by atoms with Crippen molar-refractivity contribution in [1.82, 2.24) is 10.2 Å². The second-order valence-electron chi connectivity index (χ2n) is 5.00. The van der Waals surface area contributed by atoms with Crippen LogP contribution >= 0.6 is 0 Å². The molecule has 1 aromatic heterocycles. The van der Waals surface area contributed by atoms with E-state index < -0.39 is 9.84 Å². The summed E-state index contributed by atoms with van der Waals surface area (Å²) in [4.78, 5) is 0.305. The molecule has 0 aliphatic carbocycles. The summed E-state index contributed by atoms with van der Waals surface area (Å²) in [5, 5.41) is 7.82. The monoisotopic (exact) mass is 314 g/mol. The minimum Gasteiger partial charge on any atom is -0.421 e. The molecule has 0 saturated carbocycles. The number of benzene rings is 2. The molecule has 0 bridgehead atoms. The van der Waals surface area contributed by atoms with Gasteiger partial charge in [-0.25, -0.2) is 8.42 Å². The molecular weight excluding hydrogens is 300 g/mol. The summed E-state index contributed by atoms with van der Waals surface area (Å²) in [7, 11) is -3.18. The average molecular weight is 314 g/mol. The van der Waals surface area contributed by atoms with Crippen LogP contribution in [0.5, 0.6) is 0 Å². The van der Waals surface area contributed by atoms with Crippen LogP contribution in [-0.4, -0.2) is 24.9 Å². The maximum atomic E-state index is 11.5. The van der Waals surface area contributed by atoms with Crippen molar-refractivity contribution in [3.8, 4) is 22.6 Å². The predicted molar refractivity (Wildman–Crippen MR) is 83.0 cm³/mol. The topological polar surface area (TPSA) is 73.1 Å². The zero-order chi connectivity index (χ0) is 15.7. The molecule has 22 heavy (non-hydrogen) atoms. The molecule has 0 amide bonds. The summed E-state index contributed by atoms with van der Waals surface area (Å²) >= 11 is 0. The number of hydrogen-bond donors (Lipinski definition) is 0. The zero-order valence-corrected chi connectivity index (χ0v) is 13.0. The van der Waals surface area contributed by atoms with E-state index in [-0.39, 0.29) is 0 Å². The third kappa shape index (κ3) is 2.92. The fraction of sp³-hybridized carbons (Fsp3) is 0.125. The number of sulfone groups is 1. The molecule has 1 heterocycles. The van der Waals surface area contributed by atoms with E-state index in [4.69, 9.17) is 4.42 Å². The Labute approximate surface area is 128 Å². The normalized spacial score (nSPS) is 11.5. The summed E-state index contributed by atoms with van der Waals surface area (Å²) < 4.78 is 28.4. The van der Waals surface area contributed by atoms with Crippen LogP contribution in [0, 0.1) is 6.92 Å². The molecule has 3 rings (SSSR count).